The zero-order valence-corrected chi connectivity index (χ0v) is 20.0. The van der Waals surface area contributed by atoms with Crippen molar-refractivity contribution in [2.24, 2.45) is 0 Å². The van der Waals surface area contributed by atoms with E-state index in [9.17, 15) is 19.8 Å². The van der Waals surface area contributed by atoms with Crippen LogP contribution in [0.2, 0.25) is 0 Å². The summed E-state index contributed by atoms with van der Waals surface area (Å²) in [6, 6.07) is 17.8. The van der Waals surface area contributed by atoms with Gasteiger partial charge in [0.1, 0.15) is 11.3 Å². The van der Waals surface area contributed by atoms with E-state index in [2.05, 4.69) is 15.9 Å². The number of hydrogen-bond acceptors (Lipinski definition) is 5. The van der Waals surface area contributed by atoms with Gasteiger partial charge in [-0.05, 0) is 79.1 Å². The molecule has 0 radical (unpaired) electrons. The number of carbonyl (C=O) groups is 2. The summed E-state index contributed by atoms with van der Waals surface area (Å²) in [5.74, 6) is -1.81. The van der Waals surface area contributed by atoms with E-state index in [4.69, 9.17) is 4.42 Å². The van der Waals surface area contributed by atoms with Gasteiger partial charge in [-0.15, -0.1) is 0 Å². The number of hydrogen-bond donors (Lipinski definition) is 2. The van der Waals surface area contributed by atoms with Gasteiger partial charge in [0.15, 0.2) is 11.5 Å². The van der Waals surface area contributed by atoms with E-state index in [1.54, 1.807) is 36.4 Å². The number of furan rings is 1. The van der Waals surface area contributed by atoms with Crippen LogP contribution in [0.15, 0.2) is 87.0 Å². The summed E-state index contributed by atoms with van der Waals surface area (Å²) in [7, 11) is 0. The van der Waals surface area contributed by atoms with Crippen LogP contribution < -0.4 is 4.90 Å². The molecule has 3 aromatic carbocycles. The van der Waals surface area contributed by atoms with Crippen molar-refractivity contribution in [3.63, 3.8) is 0 Å². The summed E-state index contributed by atoms with van der Waals surface area (Å²) < 4.78 is 6.61. The van der Waals surface area contributed by atoms with Gasteiger partial charge in [-0.3, -0.25) is 14.5 Å². The van der Waals surface area contributed by atoms with Gasteiger partial charge in [-0.25, -0.2) is 0 Å². The van der Waals surface area contributed by atoms with Crippen LogP contribution in [0.25, 0.3) is 11.0 Å². The van der Waals surface area contributed by atoms with Crippen LogP contribution in [-0.2, 0) is 4.79 Å². The normalized spacial score (nSPS) is 16.0. The molecule has 0 fully saturated rings. The Morgan fingerprint density at radius 1 is 0.941 bits per heavy atom. The Bertz CT molecular complexity index is 1500. The fourth-order valence-electron chi connectivity index (χ4n) is 4.21. The number of aryl methyl sites for hydroxylation is 2. The molecular weight excluding hydrogens is 498 g/mol. The Balaban J connectivity index is 1.66. The maximum absolute atomic E-state index is 13.7. The van der Waals surface area contributed by atoms with Crippen molar-refractivity contribution in [3.8, 4) is 5.75 Å². The summed E-state index contributed by atoms with van der Waals surface area (Å²) >= 11 is 3.41. The first-order valence-electron chi connectivity index (χ1n) is 10.6. The van der Waals surface area contributed by atoms with Gasteiger partial charge in [-0.2, -0.15) is 0 Å². The number of benzene rings is 3. The molecule has 0 aliphatic carbocycles. The monoisotopic (exact) mass is 517 g/mol. The Morgan fingerprint density at radius 2 is 1.68 bits per heavy atom. The Hall–Kier alpha value is -3.84. The van der Waals surface area contributed by atoms with Crippen molar-refractivity contribution >= 4 is 44.3 Å². The SMILES string of the molecule is Cc1ccc(N2C(=O)C(O)=C(C(=O)c3cc4cc(Br)ccc4o3)C2c2ccc(O)cc2)cc1C. The molecular formula is C27H20BrNO5. The van der Waals surface area contributed by atoms with Crippen LogP contribution in [0.3, 0.4) is 0 Å². The average Bonchev–Trinajstić information content (AvgIpc) is 3.34. The largest absolute Gasteiger partial charge is 0.508 e. The number of fused-ring (bicyclic) bond motifs is 1. The molecule has 1 aliphatic heterocycles. The zero-order valence-electron chi connectivity index (χ0n) is 18.4. The van der Waals surface area contributed by atoms with Gasteiger partial charge in [0.25, 0.3) is 5.91 Å². The standard InChI is InChI=1S/C27H20BrNO5/c1-14-3-7-19(11-15(14)2)29-24(16-4-8-20(30)9-5-16)23(26(32)27(29)33)25(31)22-13-17-12-18(28)6-10-21(17)34-22/h3-13,24,30,32H,1-2H3. The molecule has 170 valence electrons. The highest BCUT2D eigenvalue weighted by Gasteiger charge is 2.45. The van der Waals surface area contributed by atoms with Crippen LogP contribution >= 0.6 is 15.9 Å². The first-order chi connectivity index (χ1) is 16.2. The summed E-state index contributed by atoms with van der Waals surface area (Å²) in [4.78, 5) is 28.4. The molecule has 0 saturated heterocycles. The fraction of sp³-hybridized carbons (Fsp3) is 0.111. The Morgan fingerprint density at radius 3 is 2.38 bits per heavy atom. The van der Waals surface area contributed by atoms with Gasteiger partial charge in [0, 0.05) is 15.5 Å². The second-order valence-electron chi connectivity index (χ2n) is 8.32. The quantitative estimate of drug-likeness (QED) is 0.310. The van der Waals surface area contributed by atoms with E-state index in [0.29, 0.717) is 22.2 Å². The Labute approximate surface area is 203 Å². The van der Waals surface area contributed by atoms with Gasteiger partial charge < -0.3 is 14.6 Å². The summed E-state index contributed by atoms with van der Waals surface area (Å²) in [6.07, 6.45) is 0. The number of aliphatic hydroxyl groups excluding tert-OH is 1. The Kier molecular flexibility index (Phi) is 5.29. The third-order valence-electron chi connectivity index (χ3n) is 6.13. The lowest BCUT2D eigenvalue weighted by Gasteiger charge is -2.27. The maximum Gasteiger partial charge on any atom is 0.294 e. The van der Waals surface area contributed by atoms with Crippen molar-refractivity contribution in [2.75, 3.05) is 4.90 Å². The number of anilines is 1. The predicted molar refractivity (Wildman–Crippen MR) is 132 cm³/mol. The van der Waals surface area contributed by atoms with E-state index in [1.165, 1.54) is 17.0 Å². The highest BCUT2D eigenvalue weighted by atomic mass is 79.9. The number of phenolic OH excluding ortho intramolecular Hbond substituents is 1. The number of aliphatic hydroxyl groups is 1. The fourth-order valence-corrected chi connectivity index (χ4v) is 4.59. The number of phenols is 1. The third-order valence-corrected chi connectivity index (χ3v) is 6.63. The van der Waals surface area contributed by atoms with Crippen LogP contribution in [0.1, 0.15) is 33.3 Å². The molecule has 0 bridgehead atoms. The number of carbonyl (C=O) groups excluding carboxylic acids is 2. The lowest BCUT2D eigenvalue weighted by Crippen LogP contribution is -2.31. The van der Waals surface area contributed by atoms with E-state index < -0.39 is 23.5 Å². The minimum atomic E-state index is -0.900. The number of Topliss-reactive ketones (excluding diaryl/α,β-unsaturated/α-hetero) is 1. The van der Waals surface area contributed by atoms with Gasteiger partial charge in [-0.1, -0.05) is 34.1 Å². The number of amides is 1. The minimum absolute atomic E-state index is 0.0214. The van der Waals surface area contributed by atoms with E-state index in [1.807, 2.05) is 32.0 Å². The maximum atomic E-state index is 13.7. The lowest BCUT2D eigenvalue weighted by atomic mass is 9.94. The van der Waals surface area contributed by atoms with E-state index in [0.717, 1.165) is 15.6 Å². The van der Waals surface area contributed by atoms with E-state index in [-0.39, 0.29) is 17.1 Å². The second kappa shape index (κ2) is 8.18. The minimum Gasteiger partial charge on any atom is -0.508 e. The summed E-state index contributed by atoms with van der Waals surface area (Å²) in [6.45, 7) is 3.90. The molecule has 1 atom stereocenters. The average molecular weight is 518 g/mol. The van der Waals surface area contributed by atoms with Crippen LogP contribution in [0.5, 0.6) is 5.75 Å². The number of nitrogens with zero attached hydrogens (tertiary/aromatic N) is 1. The first-order valence-corrected chi connectivity index (χ1v) is 11.4. The van der Waals surface area contributed by atoms with Crippen molar-refractivity contribution in [2.45, 2.75) is 19.9 Å². The van der Waals surface area contributed by atoms with E-state index >= 15 is 0 Å². The van der Waals surface area contributed by atoms with Crippen molar-refractivity contribution in [1.29, 1.82) is 0 Å². The highest BCUT2D eigenvalue weighted by molar-refractivity contribution is 9.10. The third kappa shape index (κ3) is 3.58. The molecule has 5 rings (SSSR count). The van der Waals surface area contributed by atoms with Gasteiger partial charge in [0.2, 0.25) is 5.78 Å². The lowest BCUT2D eigenvalue weighted by molar-refractivity contribution is -0.117. The zero-order chi connectivity index (χ0) is 24.1. The van der Waals surface area contributed by atoms with Crippen molar-refractivity contribution in [1.82, 2.24) is 0 Å². The number of ketones is 1. The molecule has 7 heteroatoms. The first kappa shape index (κ1) is 22.0. The molecule has 1 aliphatic rings. The topological polar surface area (TPSA) is 91.0 Å². The molecule has 2 N–H and O–H groups in total. The van der Waals surface area contributed by atoms with Gasteiger partial charge >= 0.3 is 0 Å². The summed E-state index contributed by atoms with van der Waals surface area (Å²) in [5.41, 5.74) is 3.58. The van der Waals surface area contributed by atoms with Crippen molar-refractivity contribution < 1.29 is 24.2 Å². The predicted octanol–water partition coefficient (Wildman–Crippen LogP) is 6.30. The molecule has 6 nitrogen and oxygen atoms in total. The number of aromatic hydroxyl groups is 1. The second-order valence-corrected chi connectivity index (χ2v) is 9.24. The number of rotatable bonds is 4. The van der Waals surface area contributed by atoms with Crippen LogP contribution in [0.4, 0.5) is 5.69 Å². The van der Waals surface area contributed by atoms with Crippen LogP contribution in [0, 0.1) is 13.8 Å². The molecule has 2 heterocycles. The molecule has 4 aromatic rings. The molecule has 0 spiro atoms. The summed E-state index contributed by atoms with van der Waals surface area (Å²) in [5, 5.41) is 21.4. The molecule has 34 heavy (non-hydrogen) atoms. The van der Waals surface area contributed by atoms with Crippen molar-refractivity contribution in [3.05, 3.63) is 105 Å². The smallest absolute Gasteiger partial charge is 0.294 e. The molecule has 1 aromatic heterocycles. The molecule has 0 saturated carbocycles. The van der Waals surface area contributed by atoms with Crippen LogP contribution in [-0.4, -0.2) is 21.9 Å². The molecule has 1 unspecified atom stereocenters. The van der Waals surface area contributed by atoms with Gasteiger partial charge in [0.05, 0.1) is 11.6 Å². The number of halogens is 1. The molecule has 1 amide bonds. The highest BCUT2D eigenvalue weighted by Crippen LogP contribution is 2.43.